The summed E-state index contributed by atoms with van der Waals surface area (Å²) in [5, 5.41) is 24.1. The topological polar surface area (TPSA) is 305 Å². The van der Waals surface area contributed by atoms with Crippen molar-refractivity contribution in [2.45, 2.75) is 165 Å². The van der Waals surface area contributed by atoms with E-state index in [4.69, 9.17) is 29.9 Å². The Labute approximate surface area is 563 Å². The fraction of sp³-hybridized carbons (Fsp3) is 0.365. The Balaban J connectivity index is 0.000000322. The number of fused-ring (bicyclic) bond motifs is 1. The highest BCUT2D eigenvalue weighted by Gasteiger charge is 2.26. The smallest absolute Gasteiger partial charge is 0.408 e. The minimum absolute atomic E-state index is 0.0101. The molecule has 4 atom stereocenters. The van der Waals surface area contributed by atoms with Crippen LogP contribution in [0, 0.1) is 27.7 Å². The number of alkyl carbamates (subject to hydrolysis) is 3. The van der Waals surface area contributed by atoms with E-state index >= 15 is 0 Å². The molecule has 0 radical (unpaired) electrons. The number of nitrogens with zero attached hydrogens (tertiary/aromatic N) is 2. The first-order valence-corrected chi connectivity index (χ1v) is 31.1. The molecule has 0 fully saturated rings. The summed E-state index contributed by atoms with van der Waals surface area (Å²) in [6.45, 7) is 29.8. The lowest BCUT2D eigenvalue weighted by Crippen LogP contribution is -2.46. The van der Waals surface area contributed by atoms with Crippen molar-refractivity contribution in [1.29, 1.82) is 0 Å². The lowest BCUT2D eigenvalue weighted by molar-refractivity contribution is -0.170. The van der Waals surface area contributed by atoms with Gasteiger partial charge in [-0.05, 0) is 193 Å². The molecule has 1 unspecified atom stereocenters. The molecule has 0 saturated heterocycles. The maximum Gasteiger partial charge on any atom is 0.408 e. The predicted molar refractivity (Wildman–Crippen MR) is 375 cm³/mol. The summed E-state index contributed by atoms with van der Waals surface area (Å²) >= 11 is 0. The van der Waals surface area contributed by atoms with Crippen molar-refractivity contribution in [3.8, 4) is 5.69 Å². The Morgan fingerprint density at radius 2 is 0.906 bits per heavy atom. The number of ketones is 1. The molecule has 7 rings (SSSR count). The van der Waals surface area contributed by atoms with Crippen LogP contribution in [0.4, 0.5) is 25.8 Å². The molecule has 0 aliphatic rings. The number of hydrogen-bond acceptors (Lipinski definition) is 14. The Kier molecular flexibility index (Phi) is 30.9. The van der Waals surface area contributed by atoms with Crippen molar-refractivity contribution < 1.29 is 62.5 Å². The number of rotatable bonds is 15. The molecule has 8 N–H and O–H groups in total. The third kappa shape index (κ3) is 27.4. The molecule has 0 aliphatic carbocycles. The summed E-state index contributed by atoms with van der Waals surface area (Å²) in [6, 6.07) is 44.8. The number of likely N-dealkylation sites (N-methyl/N-ethyl adjacent to an activating group) is 1. The number of carbonyl (C=O) groups is 8. The van der Waals surface area contributed by atoms with Crippen molar-refractivity contribution in [3.05, 3.63) is 207 Å². The fourth-order valence-electron chi connectivity index (χ4n) is 8.90. The average molecular weight is 1320 g/mol. The number of carbonyl (C=O) groups excluding carboxylic acids is 7. The molecule has 22 heteroatoms. The van der Waals surface area contributed by atoms with Crippen molar-refractivity contribution in [2.24, 2.45) is 5.73 Å². The summed E-state index contributed by atoms with van der Waals surface area (Å²) in [6.07, 6.45) is -1.97. The second-order valence-electron chi connectivity index (χ2n) is 25.5. The normalized spacial score (nSPS) is 12.1. The van der Waals surface area contributed by atoms with Gasteiger partial charge < -0.3 is 51.6 Å². The van der Waals surface area contributed by atoms with E-state index in [0.29, 0.717) is 16.8 Å². The summed E-state index contributed by atoms with van der Waals surface area (Å²) in [7, 11) is 2.84. The number of amides is 6. The van der Waals surface area contributed by atoms with Crippen molar-refractivity contribution >= 4 is 69.9 Å². The van der Waals surface area contributed by atoms with Gasteiger partial charge in [0.1, 0.15) is 28.9 Å². The summed E-state index contributed by atoms with van der Waals surface area (Å²) < 4.78 is 16.8. The summed E-state index contributed by atoms with van der Waals surface area (Å²) in [4.78, 5) is 111. The lowest BCUT2D eigenvalue weighted by atomic mass is 9.95. The number of pyridine rings is 1. The second-order valence-corrected chi connectivity index (χ2v) is 25.5. The number of Topliss-reactive ketones (excluding diaryl/α,β-unsaturated/α-hetero) is 1. The van der Waals surface area contributed by atoms with Crippen LogP contribution in [-0.2, 0) is 39.9 Å². The molecule has 0 aliphatic heterocycles. The molecule has 6 aromatic carbocycles. The van der Waals surface area contributed by atoms with E-state index in [2.05, 4.69) is 26.6 Å². The van der Waals surface area contributed by atoms with Gasteiger partial charge in [-0.3, -0.25) is 38.2 Å². The monoisotopic (exact) mass is 1320 g/mol. The molecule has 0 bridgehead atoms. The van der Waals surface area contributed by atoms with Crippen LogP contribution in [0.5, 0.6) is 0 Å². The third-order valence-corrected chi connectivity index (χ3v) is 13.5. The maximum absolute atomic E-state index is 13.0. The van der Waals surface area contributed by atoms with Crippen LogP contribution >= 0.6 is 0 Å². The van der Waals surface area contributed by atoms with Crippen LogP contribution in [0.25, 0.3) is 16.5 Å². The van der Waals surface area contributed by atoms with Gasteiger partial charge in [0.05, 0.1) is 18.5 Å². The molecule has 1 aromatic heterocycles. The maximum atomic E-state index is 13.0. The van der Waals surface area contributed by atoms with Gasteiger partial charge >= 0.3 is 24.2 Å². The molecule has 516 valence electrons. The number of carboxylic acids is 1. The van der Waals surface area contributed by atoms with E-state index in [9.17, 15) is 43.2 Å². The van der Waals surface area contributed by atoms with E-state index in [1.54, 1.807) is 98.9 Å². The highest BCUT2D eigenvalue weighted by Crippen LogP contribution is 2.23. The number of carboxylic acid groups (broad SMARTS) is 1. The van der Waals surface area contributed by atoms with Crippen LogP contribution in [0.3, 0.4) is 0 Å². The van der Waals surface area contributed by atoms with Crippen LogP contribution in [0.1, 0.15) is 150 Å². The number of aromatic nitrogens is 1. The molecular weight excluding hydrogens is 1220 g/mol. The SMILES string of the molecule is CON(C)C(=O)[C@H](C)NC(=O)OC(C)(C)C.C[C@H](NC(=O)OC(C)(C)C)C(=O)O.Cc1cccc(C)c1C(=O)Nc1ccccc1.Cc1cccc(CC(=O)C(C)NC(=O)OC(C)(C)C)c1C(=O)Nc1ccccc1.Cc1cccc2cc([C@H](C)N)n(-c3ccccc3)c(=O)c12. The Bertz CT molecular complexity index is 3800. The zero-order valence-electron chi connectivity index (χ0n) is 58.7. The Morgan fingerprint density at radius 3 is 1.33 bits per heavy atom. The van der Waals surface area contributed by atoms with E-state index in [1.165, 1.54) is 21.1 Å². The lowest BCUT2D eigenvalue weighted by Gasteiger charge is -2.23. The fourth-order valence-corrected chi connectivity index (χ4v) is 8.90. The number of nitrogens with one attached hydrogen (secondary N) is 5. The van der Waals surface area contributed by atoms with Crippen molar-refractivity contribution in [3.63, 3.8) is 0 Å². The first-order chi connectivity index (χ1) is 44.7. The zero-order valence-corrected chi connectivity index (χ0v) is 58.7. The van der Waals surface area contributed by atoms with Gasteiger partial charge in [0.15, 0.2) is 5.78 Å². The van der Waals surface area contributed by atoms with Gasteiger partial charge in [-0.15, -0.1) is 0 Å². The number of hydrogen-bond donors (Lipinski definition) is 7. The van der Waals surface area contributed by atoms with Gasteiger partial charge in [-0.25, -0.2) is 19.4 Å². The molecule has 7 aromatic rings. The number of ether oxygens (including phenoxy) is 3. The summed E-state index contributed by atoms with van der Waals surface area (Å²) in [5.41, 5.74) is 13.0. The van der Waals surface area contributed by atoms with Gasteiger partial charge in [-0.2, -0.15) is 0 Å². The standard InChI is InChI=1S/C23H28N2O4.C18H18N2O.C15H15NO.C10H20N2O4.C8H15NO4/c1-15-10-9-11-17(20(15)21(27)25-18-12-7-6-8-13-18)14-19(26)16(2)24-22(28)29-23(3,4)5;1-12-7-6-8-14-11-16(13(2)19)20(18(21)17(12)14)15-9-4-3-5-10-15;1-11-7-6-8-12(2)14(11)15(17)16-13-9-4-3-5-10-13;1-7(8(13)12(5)15-6)11-9(14)16-10(2,3)4;1-5(6(10)11)9-7(12)13-8(2,3)4/h6-13,16H,14H2,1-5H3,(H,24,28)(H,25,27);3-11,13H,19H2,1-2H3;3-10H,1-2H3,(H,16,17);7H,1-6H3,(H,11,14);5H,1-4H3,(H,9,12)(H,10,11)/t;13-;;7-;5-/m.0.00/s1. The second kappa shape index (κ2) is 37.0. The highest BCUT2D eigenvalue weighted by atomic mass is 16.7. The molecule has 1 heterocycles. The van der Waals surface area contributed by atoms with E-state index in [-0.39, 0.29) is 41.5 Å². The predicted octanol–water partition coefficient (Wildman–Crippen LogP) is 13.1. The highest BCUT2D eigenvalue weighted by molar-refractivity contribution is 6.07. The molecule has 22 nitrogen and oxygen atoms in total. The average Bonchev–Trinajstić information content (AvgIpc) is 0.774. The first kappa shape index (κ1) is 80.0. The molecular formula is C74H96N8O14. The summed E-state index contributed by atoms with van der Waals surface area (Å²) in [5.74, 6) is -1.98. The number of benzene rings is 6. The van der Waals surface area contributed by atoms with Gasteiger partial charge in [-0.1, -0.05) is 109 Å². The van der Waals surface area contributed by atoms with Crippen LogP contribution in [0.15, 0.2) is 156 Å². The number of hydroxylamine groups is 2. The van der Waals surface area contributed by atoms with Gasteiger partial charge in [0, 0.05) is 53.4 Å². The van der Waals surface area contributed by atoms with Gasteiger partial charge in [0.2, 0.25) is 0 Å². The molecule has 96 heavy (non-hydrogen) atoms. The van der Waals surface area contributed by atoms with Crippen LogP contribution in [-0.4, -0.2) is 112 Å². The molecule has 0 spiro atoms. The number of aryl methyl sites for hydroxylation is 4. The van der Waals surface area contributed by atoms with Gasteiger partial charge in [0.25, 0.3) is 23.3 Å². The van der Waals surface area contributed by atoms with Crippen LogP contribution in [0.2, 0.25) is 0 Å². The first-order valence-electron chi connectivity index (χ1n) is 31.1. The van der Waals surface area contributed by atoms with Crippen molar-refractivity contribution in [2.75, 3.05) is 24.8 Å². The largest absolute Gasteiger partial charge is 0.480 e. The Morgan fingerprint density at radius 1 is 0.521 bits per heavy atom. The van der Waals surface area contributed by atoms with E-state index in [0.717, 1.165) is 60.7 Å². The minimum atomic E-state index is -1.09. The number of para-hydroxylation sites is 3. The van der Waals surface area contributed by atoms with E-state index in [1.807, 2.05) is 168 Å². The zero-order chi connectivity index (χ0) is 72.4. The molecule has 6 amide bonds. The number of aliphatic carboxylic acids is 1. The minimum Gasteiger partial charge on any atom is -0.480 e. The van der Waals surface area contributed by atoms with E-state index < -0.39 is 59.2 Å². The van der Waals surface area contributed by atoms with Crippen molar-refractivity contribution in [1.82, 2.24) is 25.6 Å². The molecule has 0 saturated carbocycles. The number of nitrogens with two attached hydrogens (primary N) is 1. The quantitative estimate of drug-likeness (QED) is 0.0371. The third-order valence-electron chi connectivity index (χ3n) is 13.5. The van der Waals surface area contributed by atoms with Crippen LogP contribution < -0.4 is 37.9 Å². The number of anilines is 2. The Hall–Kier alpha value is -10.2.